The summed E-state index contributed by atoms with van der Waals surface area (Å²) in [5.41, 5.74) is 0.821. The number of carbonyl (C=O) groups excluding carboxylic acids is 2. The van der Waals surface area contributed by atoms with E-state index in [0.29, 0.717) is 48.6 Å². The van der Waals surface area contributed by atoms with Crippen molar-refractivity contribution in [3.8, 4) is 5.75 Å². The van der Waals surface area contributed by atoms with Gasteiger partial charge in [0.15, 0.2) is 11.3 Å². The number of hydrogen-bond donors (Lipinski definition) is 1. The molecule has 1 amide bonds. The van der Waals surface area contributed by atoms with E-state index in [1.165, 1.54) is 18.2 Å². The molecule has 34 heavy (non-hydrogen) atoms. The van der Waals surface area contributed by atoms with Crippen LogP contribution in [0.25, 0.3) is 16.5 Å². The summed E-state index contributed by atoms with van der Waals surface area (Å²) >= 11 is 0. The first-order chi connectivity index (χ1) is 16.2. The Morgan fingerprint density at radius 3 is 2.47 bits per heavy atom. The second kappa shape index (κ2) is 12.6. The summed E-state index contributed by atoms with van der Waals surface area (Å²) in [5.74, 6) is 0.260. The smallest absolute Gasteiger partial charge is 0.305 e. The van der Waals surface area contributed by atoms with Crippen molar-refractivity contribution in [3.63, 3.8) is 0 Å². The van der Waals surface area contributed by atoms with E-state index in [2.05, 4.69) is 4.72 Å². The number of nitrogens with one attached hydrogen (secondary N) is 1. The number of allylic oxidation sites excluding steroid dienone is 1. The number of rotatable bonds is 13. The van der Waals surface area contributed by atoms with Crippen LogP contribution in [0, 0.1) is 0 Å². The molecule has 0 saturated carbocycles. The summed E-state index contributed by atoms with van der Waals surface area (Å²) in [4.78, 5) is 25.8. The van der Waals surface area contributed by atoms with E-state index in [-0.39, 0.29) is 41.9 Å². The van der Waals surface area contributed by atoms with Gasteiger partial charge in [0.1, 0.15) is 5.76 Å². The Labute approximate surface area is 201 Å². The van der Waals surface area contributed by atoms with Crippen LogP contribution in [0.1, 0.15) is 53.2 Å². The van der Waals surface area contributed by atoms with E-state index in [9.17, 15) is 18.0 Å². The van der Waals surface area contributed by atoms with Gasteiger partial charge in [-0.2, -0.15) is 0 Å². The van der Waals surface area contributed by atoms with E-state index in [0.717, 1.165) is 0 Å². The van der Waals surface area contributed by atoms with Crippen LogP contribution >= 0.6 is 0 Å². The first-order valence-corrected chi connectivity index (χ1v) is 13.0. The largest absolute Gasteiger partial charge is 0.490 e. The Morgan fingerprint density at radius 1 is 1.15 bits per heavy atom. The topological polar surface area (TPSA) is 115 Å². The van der Waals surface area contributed by atoms with Crippen molar-refractivity contribution in [2.24, 2.45) is 0 Å². The highest BCUT2D eigenvalue weighted by Crippen LogP contribution is 2.36. The molecule has 0 radical (unpaired) electrons. The molecule has 0 saturated heterocycles. The number of likely N-dealkylation sites (N-methyl/N-ethyl adjacent to an activating group) is 1. The lowest BCUT2D eigenvalue weighted by molar-refractivity contribution is -0.143. The zero-order chi connectivity index (χ0) is 25.3. The zero-order valence-corrected chi connectivity index (χ0v) is 21.3. The molecule has 0 unspecified atom stereocenters. The Balaban J connectivity index is 2.43. The van der Waals surface area contributed by atoms with Crippen molar-refractivity contribution >= 4 is 38.4 Å². The van der Waals surface area contributed by atoms with Gasteiger partial charge >= 0.3 is 5.97 Å². The fourth-order valence-corrected chi connectivity index (χ4v) is 4.62. The highest BCUT2D eigenvalue weighted by atomic mass is 32.2. The fourth-order valence-electron chi connectivity index (χ4n) is 3.40. The summed E-state index contributed by atoms with van der Waals surface area (Å²) in [6, 6.07) is 4.59. The second-order valence-electron chi connectivity index (χ2n) is 7.51. The zero-order valence-electron chi connectivity index (χ0n) is 20.5. The van der Waals surface area contributed by atoms with E-state index < -0.39 is 10.0 Å². The Bertz CT molecular complexity index is 1130. The van der Waals surface area contributed by atoms with Gasteiger partial charge in [0.25, 0.3) is 0 Å². The van der Waals surface area contributed by atoms with Crippen molar-refractivity contribution in [1.29, 1.82) is 0 Å². The predicted molar refractivity (Wildman–Crippen MR) is 130 cm³/mol. The molecule has 0 bridgehead atoms. The van der Waals surface area contributed by atoms with Crippen LogP contribution in [-0.4, -0.2) is 58.0 Å². The molecule has 0 spiro atoms. The van der Waals surface area contributed by atoms with Crippen LogP contribution in [0.5, 0.6) is 5.75 Å². The molecule has 0 aliphatic rings. The van der Waals surface area contributed by atoms with E-state index >= 15 is 0 Å². The SMILES string of the molecule is CCNS(=O)(=O)c1ccc(OCCCC(=O)OCC)c2oc(/C(C)=C\C(=O)N(CC)CC)cc12. The van der Waals surface area contributed by atoms with Crippen molar-refractivity contribution in [1.82, 2.24) is 9.62 Å². The molecule has 2 aromatic rings. The first-order valence-electron chi connectivity index (χ1n) is 11.5. The van der Waals surface area contributed by atoms with Crippen LogP contribution in [0.3, 0.4) is 0 Å². The predicted octanol–water partition coefficient (Wildman–Crippen LogP) is 3.72. The number of carbonyl (C=O) groups is 2. The average Bonchev–Trinajstić information content (AvgIpc) is 3.23. The van der Waals surface area contributed by atoms with Crippen molar-refractivity contribution in [2.75, 3.05) is 32.8 Å². The summed E-state index contributed by atoms with van der Waals surface area (Å²) in [6.45, 7) is 10.9. The summed E-state index contributed by atoms with van der Waals surface area (Å²) in [6.07, 6.45) is 2.12. The molecule has 188 valence electrons. The van der Waals surface area contributed by atoms with Gasteiger partial charge in [0, 0.05) is 37.5 Å². The third-order valence-corrected chi connectivity index (χ3v) is 6.73. The molecule has 1 heterocycles. The minimum Gasteiger partial charge on any atom is -0.490 e. The molecule has 9 nitrogen and oxygen atoms in total. The van der Waals surface area contributed by atoms with Crippen molar-refractivity contribution in [2.45, 2.75) is 52.4 Å². The van der Waals surface area contributed by atoms with Gasteiger partial charge in [0.05, 0.1) is 18.1 Å². The molecule has 0 fully saturated rings. The number of ether oxygens (including phenoxy) is 2. The lowest BCUT2D eigenvalue weighted by atomic mass is 10.2. The van der Waals surface area contributed by atoms with Crippen LogP contribution in [0.4, 0.5) is 0 Å². The summed E-state index contributed by atoms with van der Waals surface area (Å²) in [5, 5.41) is 0.349. The number of esters is 1. The van der Waals surface area contributed by atoms with Gasteiger partial charge in [0.2, 0.25) is 15.9 Å². The minimum absolute atomic E-state index is 0.0566. The standard InChI is InChI=1S/C24H34N2O7S/c1-6-25-34(29,30)21-13-12-19(32-14-10-11-23(28)31-9-4)24-18(21)16-20(33-24)17(5)15-22(27)26(7-2)8-3/h12-13,15-16,25H,6-11,14H2,1-5H3/b17-15-. The number of fused-ring (bicyclic) bond motifs is 1. The molecular weight excluding hydrogens is 460 g/mol. The molecule has 10 heteroatoms. The molecule has 1 N–H and O–H groups in total. The molecular formula is C24H34N2O7S. The highest BCUT2D eigenvalue weighted by Gasteiger charge is 2.22. The van der Waals surface area contributed by atoms with Crippen LogP contribution < -0.4 is 9.46 Å². The molecule has 0 atom stereocenters. The lowest BCUT2D eigenvalue weighted by Gasteiger charge is -2.16. The normalized spacial score (nSPS) is 12.1. The van der Waals surface area contributed by atoms with E-state index in [1.54, 1.807) is 31.7 Å². The highest BCUT2D eigenvalue weighted by molar-refractivity contribution is 7.89. The third-order valence-electron chi connectivity index (χ3n) is 5.12. The van der Waals surface area contributed by atoms with Gasteiger partial charge in [-0.25, -0.2) is 13.1 Å². The minimum atomic E-state index is -3.77. The number of amides is 1. The number of nitrogens with zero attached hydrogens (tertiary/aromatic N) is 1. The maximum Gasteiger partial charge on any atom is 0.305 e. The van der Waals surface area contributed by atoms with E-state index in [1.807, 2.05) is 13.8 Å². The lowest BCUT2D eigenvalue weighted by Crippen LogP contribution is -2.28. The van der Waals surface area contributed by atoms with Gasteiger partial charge in [-0.1, -0.05) is 6.92 Å². The summed E-state index contributed by atoms with van der Waals surface area (Å²) in [7, 11) is -3.77. The van der Waals surface area contributed by atoms with Crippen molar-refractivity contribution in [3.05, 3.63) is 30.0 Å². The quantitative estimate of drug-likeness (QED) is 0.256. The maximum absolute atomic E-state index is 12.8. The first kappa shape index (κ1) is 27.4. The molecule has 2 rings (SSSR count). The number of sulfonamides is 1. The Kier molecular flexibility index (Phi) is 10.1. The van der Waals surface area contributed by atoms with Crippen molar-refractivity contribution < 1.29 is 31.9 Å². The molecule has 0 aliphatic heterocycles. The van der Waals surface area contributed by atoms with E-state index in [4.69, 9.17) is 13.9 Å². The van der Waals surface area contributed by atoms with Gasteiger partial charge in [-0.3, -0.25) is 9.59 Å². The maximum atomic E-state index is 12.8. The van der Waals surface area contributed by atoms with Gasteiger partial charge in [-0.05, 0) is 57.9 Å². The van der Waals surface area contributed by atoms with Gasteiger partial charge < -0.3 is 18.8 Å². The Morgan fingerprint density at radius 2 is 1.85 bits per heavy atom. The fraction of sp³-hybridized carbons (Fsp3) is 0.500. The average molecular weight is 495 g/mol. The third kappa shape index (κ3) is 6.83. The molecule has 1 aromatic heterocycles. The van der Waals surface area contributed by atoms with Crippen LogP contribution in [0.2, 0.25) is 0 Å². The Hall–Kier alpha value is -2.85. The number of hydrogen-bond acceptors (Lipinski definition) is 7. The molecule has 1 aromatic carbocycles. The summed E-state index contributed by atoms with van der Waals surface area (Å²) < 4.78 is 44.7. The van der Waals surface area contributed by atoms with Crippen LogP contribution in [0.15, 0.2) is 33.6 Å². The monoisotopic (exact) mass is 494 g/mol. The number of benzene rings is 1. The van der Waals surface area contributed by atoms with Gasteiger partial charge in [-0.15, -0.1) is 0 Å². The second-order valence-corrected chi connectivity index (χ2v) is 9.25. The van der Waals surface area contributed by atoms with Crippen LogP contribution in [-0.2, 0) is 24.3 Å². The molecule has 0 aliphatic carbocycles. The number of furan rings is 1.